The van der Waals surface area contributed by atoms with Crippen LogP contribution in [0.25, 0.3) is 0 Å². The van der Waals surface area contributed by atoms with E-state index in [1.807, 2.05) is 35.5 Å². The predicted molar refractivity (Wildman–Crippen MR) is 67.5 cm³/mol. The average Bonchev–Trinajstić information content (AvgIpc) is 2.81. The summed E-state index contributed by atoms with van der Waals surface area (Å²) in [5, 5.41) is 11.0. The first-order chi connectivity index (χ1) is 8.20. The Hall–Kier alpha value is -1.86. The van der Waals surface area contributed by atoms with Gasteiger partial charge < -0.3 is 4.90 Å². The Morgan fingerprint density at radius 1 is 1.41 bits per heavy atom. The van der Waals surface area contributed by atoms with E-state index in [2.05, 4.69) is 0 Å². The van der Waals surface area contributed by atoms with Crippen LogP contribution >= 0.6 is 11.3 Å². The first-order valence-corrected chi connectivity index (χ1v) is 6.02. The fourth-order valence-corrected chi connectivity index (χ4v) is 2.41. The zero-order valence-corrected chi connectivity index (χ0v) is 10.2. The fraction of sp³-hybridized carbons (Fsp3) is 0.154. The summed E-state index contributed by atoms with van der Waals surface area (Å²) in [6.45, 7) is 0.720. The van der Waals surface area contributed by atoms with Crippen LogP contribution in [-0.4, -0.2) is 7.05 Å². The van der Waals surface area contributed by atoms with Crippen LogP contribution < -0.4 is 4.90 Å². The maximum absolute atomic E-state index is 13.0. The number of hydrogen-bond acceptors (Lipinski definition) is 3. The molecule has 2 aromatic rings. The van der Waals surface area contributed by atoms with Crippen molar-refractivity contribution in [2.24, 2.45) is 0 Å². The molecule has 0 aliphatic carbocycles. The minimum absolute atomic E-state index is 0.365. The summed E-state index contributed by atoms with van der Waals surface area (Å²) in [7, 11) is 1.90. The van der Waals surface area contributed by atoms with Gasteiger partial charge in [-0.25, -0.2) is 4.39 Å². The second-order valence-corrected chi connectivity index (χ2v) is 4.74. The molecule has 0 N–H and O–H groups in total. The van der Waals surface area contributed by atoms with Gasteiger partial charge in [0.15, 0.2) is 0 Å². The fourth-order valence-electron chi connectivity index (χ4n) is 1.65. The third-order valence-corrected chi connectivity index (χ3v) is 3.32. The second-order valence-electron chi connectivity index (χ2n) is 3.71. The quantitative estimate of drug-likeness (QED) is 0.830. The number of hydrogen-bond donors (Lipinski definition) is 0. The van der Waals surface area contributed by atoms with Crippen molar-refractivity contribution < 1.29 is 4.39 Å². The summed E-state index contributed by atoms with van der Waals surface area (Å²) in [6, 6.07) is 10.3. The smallest absolute Gasteiger partial charge is 0.124 e. The predicted octanol–water partition coefficient (Wildman–Crippen LogP) is 3.40. The zero-order valence-electron chi connectivity index (χ0n) is 9.35. The molecule has 1 aromatic heterocycles. The number of halogens is 1. The number of nitrogens with zero attached hydrogens (tertiary/aromatic N) is 2. The Balaban J connectivity index is 2.25. The van der Waals surface area contributed by atoms with Crippen LogP contribution in [-0.2, 0) is 6.54 Å². The van der Waals surface area contributed by atoms with Gasteiger partial charge in [-0.3, -0.25) is 0 Å². The molecule has 1 heterocycles. The molecule has 1 aromatic carbocycles. The van der Waals surface area contributed by atoms with Crippen molar-refractivity contribution in [2.45, 2.75) is 6.54 Å². The van der Waals surface area contributed by atoms with Crippen LogP contribution in [0.15, 0.2) is 35.7 Å². The van der Waals surface area contributed by atoms with Gasteiger partial charge in [0.25, 0.3) is 0 Å². The van der Waals surface area contributed by atoms with Gasteiger partial charge in [0.1, 0.15) is 11.9 Å². The maximum atomic E-state index is 13.0. The van der Waals surface area contributed by atoms with E-state index in [0.29, 0.717) is 5.56 Å². The maximum Gasteiger partial charge on any atom is 0.124 e. The van der Waals surface area contributed by atoms with Crippen molar-refractivity contribution in [1.82, 2.24) is 0 Å². The highest BCUT2D eigenvalue weighted by Gasteiger charge is 2.09. The van der Waals surface area contributed by atoms with E-state index in [4.69, 9.17) is 5.26 Å². The van der Waals surface area contributed by atoms with Crippen LogP contribution in [0.3, 0.4) is 0 Å². The van der Waals surface area contributed by atoms with Gasteiger partial charge in [0, 0.05) is 11.9 Å². The molecule has 4 heteroatoms. The van der Waals surface area contributed by atoms with E-state index in [1.54, 1.807) is 17.4 Å². The lowest BCUT2D eigenvalue weighted by Crippen LogP contribution is -2.16. The summed E-state index contributed by atoms with van der Waals surface area (Å²) in [4.78, 5) is 3.16. The highest BCUT2D eigenvalue weighted by molar-refractivity contribution is 7.09. The molecule has 0 amide bonds. The molecule has 0 saturated carbocycles. The molecule has 0 atom stereocenters. The number of benzene rings is 1. The van der Waals surface area contributed by atoms with E-state index in [-0.39, 0.29) is 5.82 Å². The van der Waals surface area contributed by atoms with Crippen molar-refractivity contribution in [2.75, 3.05) is 11.9 Å². The van der Waals surface area contributed by atoms with Gasteiger partial charge in [-0.15, -0.1) is 11.3 Å². The van der Waals surface area contributed by atoms with Crippen LogP contribution in [0.1, 0.15) is 10.4 Å². The monoisotopic (exact) mass is 246 g/mol. The molecule has 0 spiro atoms. The van der Waals surface area contributed by atoms with E-state index in [9.17, 15) is 4.39 Å². The Kier molecular flexibility index (Phi) is 3.40. The molecule has 2 rings (SSSR count). The summed E-state index contributed by atoms with van der Waals surface area (Å²) in [5.41, 5.74) is 1.12. The third-order valence-electron chi connectivity index (χ3n) is 2.46. The normalized spacial score (nSPS) is 9.94. The molecule has 0 bridgehead atoms. The van der Waals surface area contributed by atoms with E-state index < -0.39 is 0 Å². The largest absolute Gasteiger partial charge is 0.368 e. The zero-order chi connectivity index (χ0) is 12.3. The van der Waals surface area contributed by atoms with Gasteiger partial charge >= 0.3 is 0 Å². The second kappa shape index (κ2) is 4.98. The highest BCUT2D eigenvalue weighted by Crippen LogP contribution is 2.22. The van der Waals surface area contributed by atoms with Gasteiger partial charge in [0.05, 0.1) is 17.8 Å². The number of nitriles is 1. The van der Waals surface area contributed by atoms with Crippen LogP contribution in [0.2, 0.25) is 0 Å². The minimum Gasteiger partial charge on any atom is -0.368 e. The molecule has 17 heavy (non-hydrogen) atoms. The Morgan fingerprint density at radius 2 is 2.24 bits per heavy atom. The minimum atomic E-state index is -0.380. The topological polar surface area (TPSA) is 27.0 Å². The third kappa shape index (κ3) is 2.63. The standard InChI is InChI=1S/C13H11FN2S/c1-16(9-12-3-2-6-17-12)13-5-4-11(14)7-10(13)8-15/h2-7H,9H2,1H3. The summed E-state index contributed by atoms with van der Waals surface area (Å²) >= 11 is 1.66. The van der Waals surface area contributed by atoms with Gasteiger partial charge in [-0.05, 0) is 29.6 Å². The van der Waals surface area contributed by atoms with Crippen LogP contribution in [0.5, 0.6) is 0 Å². The SMILES string of the molecule is CN(Cc1cccs1)c1ccc(F)cc1C#N. The van der Waals surface area contributed by atoms with Crippen LogP contribution in [0, 0.1) is 17.1 Å². The molecule has 0 radical (unpaired) electrons. The lowest BCUT2D eigenvalue weighted by atomic mass is 10.1. The first kappa shape index (κ1) is 11.6. The number of anilines is 1. The molecule has 0 aliphatic rings. The molecular formula is C13H11FN2S. The van der Waals surface area contributed by atoms with Crippen molar-refractivity contribution >= 4 is 17.0 Å². The molecular weight excluding hydrogens is 235 g/mol. The molecule has 2 nitrogen and oxygen atoms in total. The summed E-state index contributed by atoms with van der Waals surface area (Å²) in [6.07, 6.45) is 0. The number of rotatable bonds is 3. The lowest BCUT2D eigenvalue weighted by Gasteiger charge is -2.19. The van der Waals surface area contributed by atoms with Gasteiger partial charge in [0.2, 0.25) is 0 Å². The molecule has 0 unspecified atom stereocenters. The van der Waals surface area contributed by atoms with Crippen molar-refractivity contribution in [1.29, 1.82) is 5.26 Å². The van der Waals surface area contributed by atoms with Gasteiger partial charge in [-0.1, -0.05) is 6.07 Å². The number of thiophene rings is 1. The molecule has 0 aliphatic heterocycles. The Labute approximate surface area is 104 Å². The lowest BCUT2D eigenvalue weighted by molar-refractivity contribution is 0.627. The Morgan fingerprint density at radius 3 is 2.88 bits per heavy atom. The van der Waals surface area contributed by atoms with Crippen molar-refractivity contribution in [3.05, 3.63) is 52.0 Å². The van der Waals surface area contributed by atoms with Crippen molar-refractivity contribution in [3.8, 4) is 6.07 Å². The van der Waals surface area contributed by atoms with E-state index in [0.717, 1.165) is 12.2 Å². The summed E-state index contributed by atoms with van der Waals surface area (Å²) < 4.78 is 13.0. The molecule has 0 fully saturated rings. The Bertz CT molecular complexity index is 543. The average molecular weight is 246 g/mol. The summed E-state index contributed by atoms with van der Waals surface area (Å²) in [5.74, 6) is -0.380. The molecule has 86 valence electrons. The van der Waals surface area contributed by atoms with Crippen molar-refractivity contribution in [3.63, 3.8) is 0 Å². The van der Waals surface area contributed by atoms with Crippen LogP contribution in [0.4, 0.5) is 10.1 Å². The van der Waals surface area contributed by atoms with Gasteiger partial charge in [-0.2, -0.15) is 5.26 Å². The van der Waals surface area contributed by atoms with E-state index >= 15 is 0 Å². The highest BCUT2D eigenvalue weighted by atomic mass is 32.1. The van der Waals surface area contributed by atoms with E-state index in [1.165, 1.54) is 17.0 Å². The molecule has 0 saturated heterocycles. The first-order valence-electron chi connectivity index (χ1n) is 5.14.